The van der Waals surface area contributed by atoms with E-state index in [1.54, 1.807) is 24.3 Å². The molecule has 0 aliphatic rings. The second kappa shape index (κ2) is 6.31. The lowest BCUT2D eigenvalue weighted by Crippen LogP contribution is -2.03. The summed E-state index contributed by atoms with van der Waals surface area (Å²) < 4.78 is 0.703. The molecule has 0 aliphatic heterocycles. The van der Waals surface area contributed by atoms with E-state index in [2.05, 4.69) is 21.2 Å². The summed E-state index contributed by atoms with van der Waals surface area (Å²) in [6.45, 7) is 0.249. The standard InChI is InChI=1S/C13H10BrN3O4/c14-10-4-5-13(17(20)21)12(7-10)15-8-9-2-1-3-11(6-9)16(18)19/h1-7,15H,8H2. The third kappa shape index (κ3) is 3.76. The van der Waals surface area contributed by atoms with Gasteiger partial charge in [-0.2, -0.15) is 0 Å². The Balaban J connectivity index is 2.20. The molecule has 8 heteroatoms. The first-order valence-electron chi connectivity index (χ1n) is 5.88. The van der Waals surface area contributed by atoms with Crippen molar-refractivity contribution in [3.05, 3.63) is 72.7 Å². The summed E-state index contributed by atoms with van der Waals surface area (Å²) in [4.78, 5) is 20.7. The molecule has 108 valence electrons. The van der Waals surface area contributed by atoms with E-state index in [0.717, 1.165) is 0 Å². The minimum atomic E-state index is -0.484. The Labute approximate surface area is 128 Å². The molecule has 0 saturated carbocycles. The van der Waals surface area contributed by atoms with Crippen LogP contribution in [0.3, 0.4) is 0 Å². The van der Waals surface area contributed by atoms with E-state index >= 15 is 0 Å². The Morgan fingerprint density at radius 3 is 2.48 bits per heavy atom. The summed E-state index contributed by atoms with van der Waals surface area (Å²) in [5.41, 5.74) is 0.945. The zero-order valence-corrected chi connectivity index (χ0v) is 12.2. The number of hydrogen-bond acceptors (Lipinski definition) is 5. The van der Waals surface area contributed by atoms with Crippen molar-refractivity contribution in [2.45, 2.75) is 6.54 Å². The van der Waals surface area contributed by atoms with Gasteiger partial charge in [0.1, 0.15) is 5.69 Å². The summed E-state index contributed by atoms with van der Waals surface area (Å²) in [5, 5.41) is 24.6. The molecule has 0 aliphatic carbocycles. The van der Waals surface area contributed by atoms with E-state index in [1.807, 2.05) is 0 Å². The van der Waals surface area contributed by atoms with Crippen molar-refractivity contribution >= 4 is 33.0 Å². The van der Waals surface area contributed by atoms with Gasteiger partial charge in [0.2, 0.25) is 0 Å². The largest absolute Gasteiger partial charge is 0.375 e. The maximum atomic E-state index is 10.9. The molecule has 0 radical (unpaired) electrons. The number of nitrogens with one attached hydrogen (secondary N) is 1. The van der Waals surface area contributed by atoms with E-state index in [0.29, 0.717) is 15.7 Å². The SMILES string of the molecule is O=[N+]([O-])c1cccc(CNc2cc(Br)ccc2[N+](=O)[O-])c1. The molecule has 0 fully saturated rings. The van der Waals surface area contributed by atoms with Gasteiger partial charge in [-0.05, 0) is 17.7 Å². The lowest BCUT2D eigenvalue weighted by molar-refractivity contribution is -0.384. The second-order valence-corrected chi connectivity index (χ2v) is 5.11. The average molecular weight is 352 g/mol. The summed E-state index contributed by atoms with van der Waals surface area (Å²) in [5.74, 6) is 0. The van der Waals surface area contributed by atoms with E-state index < -0.39 is 9.85 Å². The first-order chi connectivity index (χ1) is 9.97. The van der Waals surface area contributed by atoms with Crippen LogP contribution in [0.4, 0.5) is 17.1 Å². The molecule has 0 atom stereocenters. The average Bonchev–Trinajstić information content (AvgIpc) is 2.45. The van der Waals surface area contributed by atoms with Crippen LogP contribution in [0.15, 0.2) is 46.9 Å². The van der Waals surface area contributed by atoms with Crippen molar-refractivity contribution in [1.82, 2.24) is 0 Å². The molecule has 0 bridgehead atoms. The first-order valence-corrected chi connectivity index (χ1v) is 6.68. The van der Waals surface area contributed by atoms with Crippen LogP contribution < -0.4 is 5.32 Å². The number of hydrogen-bond donors (Lipinski definition) is 1. The number of anilines is 1. The van der Waals surface area contributed by atoms with Gasteiger partial charge in [0.15, 0.2) is 0 Å². The highest BCUT2D eigenvalue weighted by Crippen LogP contribution is 2.28. The topological polar surface area (TPSA) is 98.3 Å². The normalized spacial score (nSPS) is 10.1. The van der Waals surface area contributed by atoms with E-state index in [-0.39, 0.29) is 17.9 Å². The van der Waals surface area contributed by atoms with Crippen LogP contribution in [0.1, 0.15) is 5.56 Å². The highest BCUT2D eigenvalue weighted by molar-refractivity contribution is 9.10. The monoisotopic (exact) mass is 351 g/mol. The molecule has 0 spiro atoms. The van der Waals surface area contributed by atoms with Gasteiger partial charge in [-0.1, -0.05) is 28.1 Å². The lowest BCUT2D eigenvalue weighted by Gasteiger charge is -2.07. The van der Waals surface area contributed by atoms with Gasteiger partial charge in [-0.15, -0.1) is 0 Å². The molecule has 0 heterocycles. The van der Waals surface area contributed by atoms with E-state index in [1.165, 1.54) is 18.2 Å². The molecule has 0 amide bonds. The predicted molar refractivity (Wildman–Crippen MR) is 81.2 cm³/mol. The van der Waals surface area contributed by atoms with Gasteiger partial charge < -0.3 is 5.32 Å². The molecular weight excluding hydrogens is 342 g/mol. The van der Waals surface area contributed by atoms with Crippen molar-refractivity contribution in [2.75, 3.05) is 5.32 Å². The highest BCUT2D eigenvalue weighted by Gasteiger charge is 2.14. The molecule has 2 aromatic carbocycles. The molecule has 1 N–H and O–H groups in total. The number of nitrogens with zero attached hydrogens (tertiary/aromatic N) is 2. The van der Waals surface area contributed by atoms with Gasteiger partial charge in [-0.3, -0.25) is 20.2 Å². The van der Waals surface area contributed by atoms with Gasteiger partial charge in [-0.25, -0.2) is 0 Å². The Kier molecular flexibility index (Phi) is 4.49. The summed E-state index contributed by atoms with van der Waals surface area (Å²) >= 11 is 3.25. The maximum absolute atomic E-state index is 10.9. The van der Waals surface area contributed by atoms with Crippen molar-refractivity contribution in [3.8, 4) is 0 Å². The molecule has 0 saturated heterocycles. The predicted octanol–water partition coefficient (Wildman–Crippen LogP) is 3.88. The van der Waals surface area contributed by atoms with Crippen molar-refractivity contribution < 1.29 is 9.85 Å². The fourth-order valence-corrected chi connectivity index (χ4v) is 2.15. The first kappa shape index (κ1) is 14.9. The van der Waals surface area contributed by atoms with Gasteiger partial charge in [0, 0.05) is 29.2 Å². The number of benzene rings is 2. The number of nitro benzene ring substituents is 2. The van der Waals surface area contributed by atoms with Crippen LogP contribution >= 0.6 is 15.9 Å². The third-order valence-corrected chi connectivity index (χ3v) is 3.25. The number of halogens is 1. The second-order valence-electron chi connectivity index (χ2n) is 4.20. The minimum absolute atomic E-state index is 0.0157. The number of rotatable bonds is 5. The summed E-state index contributed by atoms with van der Waals surface area (Å²) in [6, 6.07) is 10.7. The zero-order chi connectivity index (χ0) is 15.4. The van der Waals surface area contributed by atoms with Gasteiger partial charge in [0.25, 0.3) is 11.4 Å². The van der Waals surface area contributed by atoms with Crippen LogP contribution in [0, 0.1) is 20.2 Å². The Hall–Kier alpha value is -2.48. The molecule has 2 rings (SSSR count). The zero-order valence-electron chi connectivity index (χ0n) is 10.7. The minimum Gasteiger partial charge on any atom is -0.375 e. The summed E-state index contributed by atoms with van der Waals surface area (Å²) in [7, 11) is 0. The smallest absolute Gasteiger partial charge is 0.292 e. The van der Waals surface area contributed by atoms with Crippen LogP contribution in [-0.4, -0.2) is 9.85 Å². The lowest BCUT2D eigenvalue weighted by atomic mass is 10.2. The van der Waals surface area contributed by atoms with Crippen LogP contribution in [0.2, 0.25) is 0 Å². The van der Waals surface area contributed by atoms with Gasteiger partial charge >= 0.3 is 0 Å². The quantitative estimate of drug-likeness (QED) is 0.650. The highest BCUT2D eigenvalue weighted by atomic mass is 79.9. The molecular formula is C13H10BrN3O4. The third-order valence-electron chi connectivity index (χ3n) is 2.76. The van der Waals surface area contributed by atoms with Gasteiger partial charge in [0.05, 0.1) is 9.85 Å². The molecule has 0 unspecified atom stereocenters. The van der Waals surface area contributed by atoms with Crippen molar-refractivity contribution in [1.29, 1.82) is 0 Å². The summed E-state index contributed by atoms with van der Waals surface area (Å²) in [6.07, 6.45) is 0. The molecule has 21 heavy (non-hydrogen) atoms. The van der Waals surface area contributed by atoms with Crippen LogP contribution in [0.25, 0.3) is 0 Å². The van der Waals surface area contributed by atoms with Crippen LogP contribution in [0.5, 0.6) is 0 Å². The molecule has 7 nitrogen and oxygen atoms in total. The van der Waals surface area contributed by atoms with E-state index in [9.17, 15) is 20.2 Å². The number of non-ortho nitro benzene ring substituents is 1. The maximum Gasteiger partial charge on any atom is 0.292 e. The molecule has 2 aromatic rings. The number of nitro groups is 2. The van der Waals surface area contributed by atoms with E-state index in [4.69, 9.17) is 0 Å². The Morgan fingerprint density at radius 2 is 1.81 bits per heavy atom. The van der Waals surface area contributed by atoms with Crippen molar-refractivity contribution in [3.63, 3.8) is 0 Å². The molecule has 0 aromatic heterocycles. The Morgan fingerprint density at radius 1 is 1.05 bits per heavy atom. The Bertz CT molecular complexity index is 706. The van der Waals surface area contributed by atoms with Crippen molar-refractivity contribution in [2.24, 2.45) is 0 Å². The fourth-order valence-electron chi connectivity index (χ4n) is 1.79. The fraction of sp³-hybridized carbons (Fsp3) is 0.0769. The van der Waals surface area contributed by atoms with Crippen LogP contribution in [-0.2, 0) is 6.54 Å².